The van der Waals surface area contributed by atoms with Gasteiger partial charge in [0.2, 0.25) is 5.91 Å². The van der Waals surface area contributed by atoms with Crippen molar-refractivity contribution >= 4 is 17.5 Å². The molecule has 2 aromatic carbocycles. The summed E-state index contributed by atoms with van der Waals surface area (Å²) in [5, 5.41) is 5.70. The molecule has 0 atom stereocenters. The Morgan fingerprint density at radius 1 is 1.10 bits per heavy atom. The molecule has 1 fully saturated rings. The lowest BCUT2D eigenvalue weighted by Crippen LogP contribution is -2.25. The fourth-order valence-electron chi connectivity index (χ4n) is 2.86. The topological polar surface area (TPSA) is 84.2 Å². The summed E-state index contributed by atoms with van der Waals surface area (Å²) in [5.74, 6) is 0.0111. The first-order valence-corrected chi connectivity index (χ1v) is 9.49. The van der Waals surface area contributed by atoms with Gasteiger partial charge >= 0.3 is 0 Å². The molecule has 1 aromatic heterocycles. The Morgan fingerprint density at radius 3 is 2.59 bits per heavy atom. The van der Waals surface area contributed by atoms with Gasteiger partial charge in [-0.2, -0.15) is 0 Å². The van der Waals surface area contributed by atoms with E-state index >= 15 is 0 Å². The van der Waals surface area contributed by atoms with Crippen molar-refractivity contribution in [1.29, 1.82) is 0 Å². The third-order valence-electron chi connectivity index (χ3n) is 4.60. The summed E-state index contributed by atoms with van der Waals surface area (Å²) in [4.78, 5) is 28.3. The molecule has 1 aliphatic rings. The molecule has 0 radical (unpaired) electrons. The molecule has 0 aliphatic heterocycles. The van der Waals surface area contributed by atoms with E-state index in [9.17, 15) is 14.0 Å². The van der Waals surface area contributed by atoms with Crippen LogP contribution < -0.4 is 10.6 Å². The van der Waals surface area contributed by atoms with E-state index in [1.165, 1.54) is 12.3 Å². The molecule has 2 amide bonds. The van der Waals surface area contributed by atoms with Crippen LogP contribution in [0.3, 0.4) is 0 Å². The summed E-state index contributed by atoms with van der Waals surface area (Å²) < 4.78 is 19.4. The van der Waals surface area contributed by atoms with E-state index in [-0.39, 0.29) is 24.1 Å². The number of carbonyl (C=O) groups is 2. The summed E-state index contributed by atoms with van der Waals surface area (Å²) in [7, 11) is 0. The largest absolute Gasteiger partial charge is 0.441 e. The molecule has 3 aromatic rings. The van der Waals surface area contributed by atoms with E-state index in [2.05, 4.69) is 15.6 Å². The normalized spacial score (nSPS) is 13.1. The lowest BCUT2D eigenvalue weighted by atomic mass is 10.2. The van der Waals surface area contributed by atoms with Gasteiger partial charge in [0.25, 0.3) is 5.91 Å². The number of hydrogen-bond acceptors (Lipinski definition) is 4. The molecular formula is C22H20FN3O3. The number of nitrogens with one attached hydrogen (secondary N) is 2. The van der Waals surface area contributed by atoms with Crippen molar-refractivity contribution in [2.24, 2.45) is 0 Å². The second kappa shape index (κ2) is 8.26. The minimum Gasteiger partial charge on any atom is -0.441 e. The van der Waals surface area contributed by atoms with Crippen LogP contribution in [0.1, 0.15) is 35.5 Å². The molecule has 29 heavy (non-hydrogen) atoms. The molecule has 1 aliphatic carbocycles. The molecule has 4 rings (SSSR count). The van der Waals surface area contributed by atoms with Crippen LogP contribution in [0.25, 0.3) is 11.3 Å². The number of benzene rings is 2. The molecule has 0 bridgehead atoms. The SMILES string of the molecule is O=C(CCc1ncc(-c2ccccc2F)o1)Nc1ccc(C(=O)NC2CC2)cc1. The van der Waals surface area contributed by atoms with Crippen molar-refractivity contribution in [3.63, 3.8) is 0 Å². The van der Waals surface area contributed by atoms with Gasteiger partial charge in [0.15, 0.2) is 11.7 Å². The zero-order valence-corrected chi connectivity index (χ0v) is 15.7. The number of hydrogen-bond donors (Lipinski definition) is 2. The summed E-state index contributed by atoms with van der Waals surface area (Å²) >= 11 is 0. The van der Waals surface area contributed by atoms with Crippen LogP contribution in [0.15, 0.2) is 59.1 Å². The van der Waals surface area contributed by atoms with E-state index in [0.717, 1.165) is 12.8 Å². The maximum absolute atomic E-state index is 13.8. The van der Waals surface area contributed by atoms with Gasteiger partial charge in [0.1, 0.15) is 5.82 Å². The summed E-state index contributed by atoms with van der Waals surface area (Å²) in [6.45, 7) is 0. The summed E-state index contributed by atoms with van der Waals surface area (Å²) in [6, 6.07) is 13.3. The first-order chi connectivity index (χ1) is 14.1. The lowest BCUT2D eigenvalue weighted by molar-refractivity contribution is -0.116. The number of halogens is 1. The van der Waals surface area contributed by atoms with Crippen LogP contribution in [-0.2, 0) is 11.2 Å². The first-order valence-electron chi connectivity index (χ1n) is 9.49. The number of aryl methyl sites for hydroxylation is 1. The zero-order chi connectivity index (χ0) is 20.2. The van der Waals surface area contributed by atoms with Crippen molar-refractivity contribution in [3.05, 3.63) is 72.0 Å². The van der Waals surface area contributed by atoms with Crippen LogP contribution in [0.4, 0.5) is 10.1 Å². The lowest BCUT2D eigenvalue weighted by Gasteiger charge is -2.06. The van der Waals surface area contributed by atoms with Crippen LogP contribution in [0.5, 0.6) is 0 Å². The average Bonchev–Trinajstić information content (AvgIpc) is 3.41. The highest BCUT2D eigenvalue weighted by molar-refractivity contribution is 5.96. The molecule has 2 N–H and O–H groups in total. The Morgan fingerprint density at radius 2 is 1.86 bits per heavy atom. The number of carbonyl (C=O) groups excluding carboxylic acids is 2. The maximum Gasteiger partial charge on any atom is 0.251 e. The molecule has 0 spiro atoms. The van der Waals surface area contributed by atoms with Crippen molar-refractivity contribution in [2.75, 3.05) is 5.32 Å². The Kier molecular flexibility index (Phi) is 5.37. The van der Waals surface area contributed by atoms with Crippen molar-refractivity contribution < 1.29 is 18.4 Å². The minimum atomic E-state index is -0.387. The van der Waals surface area contributed by atoms with E-state index in [1.54, 1.807) is 42.5 Å². The Bertz CT molecular complexity index is 1030. The highest BCUT2D eigenvalue weighted by Crippen LogP contribution is 2.24. The van der Waals surface area contributed by atoms with Crippen LogP contribution in [0, 0.1) is 5.82 Å². The monoisotopic (exact) mass is 393 g/mol. The second-order valence-electron chi connectivity index (χ2n) is 6.97. The Hall–Kier alpha value is -3.48. The smallest absolute Gasteiger partial charge is 0.251 e. The predicted molar refractivity (Wildman–Crippen MR) is 106 cm³/mol. The quantitative estimate of drug-likeness (QED) is 0.637. The van der Waals surface area contributed by atoms with Crippen molar-refractivity contribution in [2.45, 2.75) is 31.7 Å². The third-order valence-corrected chi connectivity index (χ3v) is 4.60. The maximum atomic E-state index is 13.8. The highest BCUT2D eigenvalue weighted by Gasteiger charge is 2.23. The van der Waals surface area contributed by atoms with Gasteiger partial charge in [0.05, 0.1) is 11.8 Å². The fraction of sp³-hybridized carbons (Fsp3) is 0.227. The van der Waals surface area contributed by atoms with E-state index in [4.69, 9.17) is 4.42 Å². The van der Waals surface area contributed by atoms with Gasteiger partial charge in [-0.25, -0.2) is 9.37 Å². The minimum absolute atomic E-state index is 0.0973. The summed E-state index contributed by atoms with van der Waals surface area (Å²) in [6.07, 6.45) is 3.98. The number of aromatic nitrogens is 1. The average molecular weight is 393 g/mol. The number of anilines is 1. The van der Waals surface area contributed by atoms with Gasteiger partial charge in [-0.05, 0) is 49.2 Å². The van der Waals surface area contributed by atoms with Gasteiger partial charge in [-0.3, -0.25) is 9.59 Å². The molecule has 6 nitrogen and oxygen atoms in total. The van der Waals surface area contributed by atoms with Gasteiger partial charge < -0.3 is 15.1 Å². The predicted octanol–water partition coefficient (Wildman–Crippen LogP) is 3.94. The van der Waals surface area contributed by atoms with E-state index in [1.807, 2.05) is 0 Å². The Labute approximate surface area is 167 Å². The molecule has 1 heterocycles. The number of amides is 2. The fourth-order valence-corrected chi connectivity index (χ4v) is 2.86. The van der Waals surface area contributed by atoms with Crippen LogP contribution >= 0.6 is 0 Å². The number of nitrogens with zero attached hydrogens (tertiary/aromatic N) is 1. The highest BCUT2D eigenvalue weighted by atomic mass is 19.1. The van der Waals surface area contributed by atoms with Crippen LogP contribution in [-0.4, -0.2) is 22.8 Å². The van der Waals surface area contributed by atoms with Crippen LogP contribution in [0.2, 0.25) is 0 Å². The molecule has 0 saturated heterocycles. The zero-order valence-electron chi connectivity index (χ0n) is 15.7. The third kappa shape index (κ3) is 4.87. The number of rotatable bonds is 7. The first kappa shape index (κ1) is 18.9. The van der Waals surface area contributed by atoms with Gasteiger partial charge in [-0.1, -0.05) is 12.1 Å². The van der Waals surface area contributed by atoms with Gasteiger partial charge in [0, 0.05) is 30.1 Å². The number of oxazole rings is 1. The second-order valence-corrected chi connectivity index (χ2v) is 6.97. The molecule has 0 unspecified atom stereocenters. The molecule has 148 valence electrons. The van der Waals surface area contributed by atoms with E-state index < -0.39 is 0 Å². The van der Waals surface area contributed by atoms with Crippen molar-refractivity contribution in [1.82, 2.24) is 10.3 Å². The van der Waals surface area contributed by atoms with E-state index in [0.29, 0.717) is 40.9 Å². The Balaban J connectivity index is 1.29. The summed E-state index contributed by atoms with van der Waals surface area (Å²) in [5.41, 5.74) is 1.51. The van der Waals surface area contributed by atoms with Crippen molar-refractivity contribution in [3.8, 4) is 11.3 Å². The molecule has 7 heteroatoms. The molecule has 1 saturated carbocycles. The molecular weight excluding hydrogens is 373 g/mol. The standard InChI is InChI=1S/C22H20FN3O3/c23-18-4-2-1-3-17(18)19-13-24-21(29-19)12-11-20(27)25-15-7-5-14(6-8-15)22(28)26-16-9-10-16/h1-8,13,16H,9-12H2,(H,25,27)(H,26,28). The van der Waals surface area contributed by atoms with Gasteiger partial charge in [-0.15, -0.1) is 0 Å².